The highest BCUT2D eigenvalue weighted by atomic mass is 16.5. The molecule has 0 bridgehead atoms. The molecule has 0 saturated heterocycles. The molecule has 0 spiro atoms. The van der Waals surface area contributed by atoms with Crippen LogP contribution < -0.4 is 20.7 Å². The average molecular weight is 461 g/mol. The van der Waals surface area contributed by atoms with Crippen LogP contribution in [0.4, 0.5) is 0 Å². The average Bonchev–Trinajstić information content (AvgIpc) is 3.13. The Morgan fingerprint density at radius 3 is 2.27 bits per heavy atom. The summed E-state index contributed by atoms with van der Waals surface area (Å²) in [6.07, 6.45) is -0.369. The second kappa shape index (κ2) is 11.2. The van der Waals surface area contributed by atoms with Gasteiger partial charge in [-0.05, 0) is 44.5 Å². The van der Waals surface area contributed by atoms with Crippen molar-refractivity contribution in [2.45, 2.75) is 52.9 Å². The van der Waals surface area contributed by atoms with E-state index in [1.54, 1.807) is 42.9 Å². The molecule has 0 aliphatic rings. The number of hydrogen-bond acceptors (Lipinski definition) is 7. The Morgan fingerprint density at radius 1 is 1.00 bits per heavy atom. The van der Waals surface area contributed by atoms with Crippen molar-refractivity contribution in [1.82, 2.24) is 18.7 Å². The van der Waals surface area contributed by atoms with Crippen molar-refractivity contribution in [1.29, 1.82) is 0 Å². The number of rotatable bonds is 12. The van der Waals surface area contributed by atoms with Crippen molar-refractivity contribution < 1.29 is 19.3 Å². The van der Waals surface area contributed by atoms with Crippen molar-refractivity contribution in [2.75, 3.05) is 26.9 Å². The van der Waals surface area contributed by atoms with E-state index in [1.165, 1.54) is 4.57 Å². The van der Waals surface area contributed by atoms with Crippen molar-refractivity contribution in [3.63, 3.8) is 0 Å². The van der Waals surface area contributed by atoms with E-state index in [1.807, 2.05) is 13.8 Å². The van der Waals surface area contributed by atoms with Crippen LogP contribution in [0.1, 0.15) is 26.1 Å². The van der Waals surface area contributed by atoms with E-state index in [9.17, 15) is 14.7 Å². The summed E-state index contributed by atoms with van der Waals surface area (Å²) in [6, 6.07) is 7.02. The van der Waals surface area contributed by atoms with Gasteiger partial charge in [-0.3, -0.25) is 13.9 Å². The quantitative estimate of drug-likeness (QED) is 0.437. The Bertz CT molecular complexity index is 1180. The molecule has 0 unspecified atom stereocenters. The molecule has 3 rings (SSSR count). The Labute approximate surface area is 192 Å². The van der Waals surface area contributed by atoms with Crippen molar-refractivity contribution in [2.24, 2.45) is 0 Å². The molecule has 0 saturated carbocycles. The Kier molecular flexibility index (Phi) is 8.29. The van der Waals surface area contributed by atoms with Crippen molar-refractivity contribution in [3.05, 3.63) is 50.9 Å². The molecule has 33 heavy (non-hydrogen) atoms. The molecule has 0 amide bonds. The summed E-state index contributed by atoms with van der Waals surface area (Å²) in [5.74, 6) is 1.90. The summed E-state index contributed by atoms with van der Waals surface area (Å²) in [7, 11) is 1.58. The maximum absolute atomic E-state index is 13.3. The maximum Gasteiger partial charge on any atom is 0.332 e. The number of hydrogen-bond donors (Lipinski definition) is 1. The summed E-state index contributed by atoms with van der Waals surface area (Å²) in [4.78, 5) is 30.9. The third-order valence-corrected chi connectivity index (χ3v) is 5.24. The van der Waals surface area contributed by atoms with Gasteiger partial charge in [-0.25, -0.2) is 9.78 Å². The fraction of sp³-hybridized carbons (Fsp3) is 0.522. The number of ether oxygens (including phenoxy) is 3. The van der Waals surface area contributed by atoms with Gasteiger partial charge in [0.1, 0.15) is 30.0 Å². The van der Waals surface area contributed by atoms with Gasteiger partial charge in [0, 0.05) is 20.2 Å². The van der Waals surface area contributed by atoms with E-state index >= 15 is 0 Å². The number of methoxy groups -OCH3 is 1. The number of aliphatic hydroxyl groups excluding tert-OH is 1. The fourth-order valence-electron chi connectivity index (χ4n) is 3.70. The van der Waals surface area contributed by atoms with Crippen LogP contribution in [0.25, 0.3) is 11.2 Å². The van der Waals surface area contributed by atoms with Crippen LogP contribution in [0, 0.1) is 6.92 Å². The standard InChI is InChI=1S/C23H32N4O6/c1-5-11-26-21-20(25(12-13-31-4)16(3)24-21)22(29)27(23(26)30)14-17(28)15-33-19-9-7-18(8-10-19)32-6-2/h7-10,17,28H,5-6,11-15H2,1-4H3/t17-/m1/s1. The van der Waals surface area contributed by atoms with Crippen LogP contribution >= 0.6 is 0 Å². The Hall–Kier alpha value is -3.11. The van der Waals surface area contributed by atoms with Gasteiger partial charge in [-0.2, -0.15) is 0 Å². The lowest BCUT2D eigenvalue weighted by atomic mass is 10.3. The number of benzene rings is 1. The first kappa shape index (κ1) is 24.5. The Balaban J connectivity index is 1.88. The zero-order chi connectivity index (χ0) is 24.0. The molecule has 0 radical (unpaired) electrons. The third kappa shape index (κ3) is 5.45. The summed E-state index contributed by atoms with van der Waals surface area (Å²) in [6.45, 7) is 7.18. The lowest BCUT2D eigenvalue weighted by Crippen LogP contribution is -2.44. The fourth-order valence-corrected chi connectivity index (χ4v) is 3.70. The number of imidazole rings is 1. The molecule has 10 heteroatoms. The molecule has 0 fully saturated rings. The van der Waals surface area contributed by atoms with Gasteiger partial charge < -0.3 is 23.9 Å². The Morgan fingerprint density at radius 2 is 1.67 bits per heavy atom. The monoisotopic (exact) mass is 460 g/mol. The molecule has 1 aromatic carbocycles. The van der Waals surface area contributed by atoms with Crippen molar-refractivity contribution >= 4 is 11.2 Å². The largest absolute Gasteiger partial charge is 0.494 e. The summed E-state index contributed by atoms with van der Waals surface area (Å²) in [5, 5.41) is 10.6. The van der Waals surface area contributed by atoms with Crippen LogP contribution in [0.3, 0.4) is 0 Å². The van der Waals surface area contributed by atoms with Crippen LogP contribution in [0.15, 0.2) is 33.9 Å². The SMILES string of the molecule is CCCn1c(=O)n(C[C@@H](O)COc2ccc(OCC)cc2)c(=O)c2c1nc(C)n2CCOC. The highest BCUT2D eigenvalue weighted by molar-refractivity contribution is 5.71. The van der Waals surface area contributed by atoms with Crippen LogP contribution in [-0.2, 0) is 24.4 Å². The summed E-state index contributed by atoms with van der Waals surface area (Å²) in [5.41, 5.74) is -0.293. The molecule has 3 aromatic rings. The normalized spacial score (nSPS) is 12.3. The minimum absolute atomic E-state index is 0.0758. The number of fused-ring (bicyclic) bond motifs is 1. The predicted octanol–water partition coefficient (Wildman–Crippen LogP) is 1.56. The van der Waals surface area contributed by atoms with E-state index in [0.717, 1.165) is 10.3 Å². The highest BCUT2D eigenvalue weighted by Crippen LogP contribution is 2.18. The first-order valence-corrected chi connectivity index (χ1v) is 11.1. The predicted molar refractivity (Wildman–Crippen MR) is 124 cm³/mol. The molecule has 1 atom stereocenters. The second-order valence-corrected chi connectivity index (χ2v) is 7.69. The third-order valence-electron chi connectivity index (χ3n) is 5.24. The molecule has 2 heterocycles. The molecule has 1 N–H and O–H groups in total. The van der Waals surface area contributed by atoms with E-state index in [4.69, 9.17) is 14.2 Å². The summed E-state index contributed by atoms with van der Waals surface area (Å²) < 4.78 is 20.5. The molecule has 10 nitrogen and oxygen atoms in total. The number of aryl methyl sites for hydroxylation is 2. The van der Waals surface area contributed by atoms with Crippen LogP contribution in [0.2, 0.25) is 0 Å². The van der Waals surface area contributed by atoms with Gasteiger partial charge in [0.15, 0.2) is 11.2 Å². The van der Waals surface area contributed by atoms with Crippen LogP contribution in [0.5, 0.6) is 11.5 Å². The molecular formula is C23H32N4O6. The van der Waals surface area contributed by atoms with E-state index in [0.29, 0.717) is 55.5 Å². The number of nitrogens with zero attached hydrogens (tertiary/aromatic N) is 4. The molecular weight excluding hydrogens is 428 g/mol. The lowest BCUT2D eigenvalue weighted by Gasteiger charge is -2.16. The number of aliphatic hydroxyl groups is 1. The van der Waals surface area contributed by atoms with Crippen molar-refractivity contribution in [3.8, 4) is 11.5 Å². The first-order valence-electron chi connectivity index (χ1n) is 11.1. The van der Waals surface area contributed by atoms with E-state index < -0.39 is 17.4 Å². The van der Waals surface area contributed by atoms with E-state index in [2.05, 4.69) is 4.98 Å². The van der Waals surface area contributed by atoms with E-state index in [-0.39, 0.29) is 13.2 Å². The highest BCUT2D eigenvalue weighted by Gasteiger charge is 2.21. The smallest absolute Gasteiger partial charge is 0.332 e. The van der Waals surface area contributed by atoms with Gasteiger partial charge in [0.2, 0.25) is 0 Å². The van der Waals surface area contributed by atoms with Gasteiger partial charge in [0.05, 0.1) is 19.8 Å². The second-order valence-electron chi connectivity index (χ2n) is 7.69. The zero-order valence-corrected chi connectivity index (χ0v) is 19.6. The molecule has 0 aliphatic carbocycles. The zero-order valence-electron chi connectivity index (χ0n) is 19.6. The van der Waals surface area contributed by atoms with Gasteiger partial charge in [-0.15, -0.1) is 0 Å². The molecule has 2 aromatic heterocycles. The molecule has 0 aliphatic heterocycles. The van der Waals surface area contributed by atoms with Gasteiger partial charge in [0.25, 0.3) is 5.56 Å². The van der Waals surface area contributed by atoms with Gasteiger partial charge in [-0.1, -0.05) is 6.92 Å². The summed E-state index contributed by atoms with van der Waals surface area (Å²) >= 11 is 0. The first-order chi connectivity index (χ1) is 15.9. The van der Waals surface area contributed by atoms with Crippen LogP contribution in [-0.4, -0.2) is 56.8 Å². The topological polar surface area (TPSA) is 110 Å². The maximum atomic E-state index is 13.3. The molecule has 180 valence electrons. The van der Waals surface area contributed by atoms with Gasteiger partial charge >= 0.3 is 5.69 Å². The minimum Gasteiger partial charge on any atom is -0.494 e. The number of aromatic nitrogens is 4. The minimum atomic E-state index is -1.06. The lowest BCUT2D eigenvalue weighted by molar-refractivity contribution is 0.0901.